The number of ether oxygens (including phenoxy) is 1. The van der Waals surface area contributed by atoms with E-state index in [2.05, 4.69) is 31.0 Å². The molecular formula is C13H28N2O. The van der Waals surface area contributed by atoms with Crippen LogP contribution in [0.1, 0.15) is 27.2 Å². The third-order valence-corrected chi connectivity index (χ3v) is 3.44. The Balaban J connectivity index is 2.21. The monoisotopic (exact) mass is 228 g/mol. The lowest BCUT2D eigenvalue weighted by Gasteiger charge is -2.39. The maximum atomic E-state index is 5.03. The molecule has 0 aromatic carbocycles. The minimum absolute atomic E-state index is 0.641. The van der Waals surface area contributed by atoms with E-state index in [1.807, 2.05) is 0 Å². The number of nitrogens with one attached hydrogen (secondary N) is 1. The van der Waals surface area contributed by atoms with Crippen molar-refractivity contribution in [2.75, 3.05) is 39.9 Å². The highest BCUT2D eigenvalue weighted by Gasteiger charge is 2.24. The Bertz CT molecular complexity index is 177. The van der Waals surface area contributed by atoms with Crippen LogP contribution in [0.25, 0.3) is 0 Å². The first kappa shape index (κ1) is 13.9. The summed E-state index contributed by atoms with van der Waals surface area (Å²) in [6.45, 7) is 12.4. The molecule has 0 saturated carbocycles. The molecule has 1 aliphatic heterocycles. The van der Waals surface area contributed by atoms with Crippen molar-refractivity contribution < 1.29 is 4.74 Å². The molecule has 0 spiro atoms. The van der Waals surface area contributed by atoms with Gasteiger partial charge in [0.2, 0.25) is 0 Å². The van der Waals surface area contributed by atoms with Gasteiger partial charge in [0, 0.05) is 39.3 Å². The lowest BCUT2D eigenvalue weighted by atomic mass is 9.91. The second-order valence-electron chi connectivity index (χ2n) is 5.45. The highest BCUT2D eigenvalue weighted by atomic mass is 16.5. The van der Waals surface area contributed by atoms with E-state index in [0.29, 0.717) is 6.04 Å². The number of hydrogen-bond acceptors (Lipinski definition) is 3. The molecule has 1 rings (SSSR count). The third-order valence-electron chi connectivity index (χ3n) is 3.44. The molecule has 0 aromatic rings. The van der Waals surface area contributed by atoms with Crippen LogP contribution in [0.2, 0.25) is 0 Å². The summed E-state index contributed by atoms with van der Waals surface area (Å²) in [6.07, 6.45) is 1.39. The zero-order valence-electron chi connectivity index (χ0n) is 11.3. The number of nitrogens with zero attached hydrogens (tertiary/aromatic N) is 1. The van der Waals surface area contributed by atoms with Crippen molar-refractivity contribution in [2.45, 2.75) is 33.2 Å². The summed E-state index contributed by atoms with van der Waals surface area (Å²) in [5.74, 6) is 1.70. The number of rotatable bonds is 6. The Kier molecular flexibility index (Phi) is 6.32. The van der Waals surface area contributed by atoms with Crippen molar-refractivity contribution in [3.63, 3.8) is 0 Å². The van der Waals surface area contributed by atoms with Crippen molar-refractivity contribution in [1.82, 2.24) is 10.2 Å². The molecule has 1 aliphatic rings. The van der Waals surface area contributed by atoms with Crippen LogP contribution >= 0.6 is 0 Å². The molecule has 3 unspecified atom stereocenters. The van der Waals surface area contributed by atoms with Gasteiger partial charge in [-0.05, 0) is 25.2 Å². The van der Waals surface area contributed by atoms with E-state index in [-0.39, 0.29) is 0 Å². The Hall–Kier alpha value is -0.120. The number of likely N-dealkylation sites (tertiary alicyclic amines) is 1. The molecule has 16 heavy (non-hydrogen) atoms. The lowest BCUT2D eigenvalue weighted by molar-refractivity contribution is 0.101. The lowest BCUT2D eigenvalue weighted by Crippen LogP contribution is -2.47. The standard InChI is InChI=1S/C13H28N2O/c1-11-7-12(2)10-15(9-11)13(3)8-14-5-6-16-4/h11-14H,5-10H2,1-4H3. The fourth-order valence-corrected chi connectivity index (χ4v) is 2.69. The van der Waals surface area contributed by atoms with Crippen LogP contribution in [0.4, 0.5) is 0 Å². The average Bonchev–Trinajstić information content (AvgIpc) is 2.22. The maximum absolute atomic E-state index is 5.03. The summed E-state index contributed by atoms with van der Waals surface area (Å²) in [4.78, 5) is 2.62. The maximum Gasteiger partial charge on any atom is 0.0587 e. The van der Waals surface area contributed by atoms with E-state index >= 15 is 0 Å². The molecule has 0 amide bonds. The molecule has 0 bridgehead atoms. The molecule has 1 N–H and O–H groups in total. The summed E-state index contributed by atoms with van der Waals surface area (Å²) >= 11 is 0. The van der Waals surface area contributed by atoms with Gasteiger partial charge < -0.3 is 10.1 Å². The summed E-state index contributed by atoms with van der Waals surface area (Å²) in [7, 11) is 1.75. The van der Waals surface area contributed by atoms with E-state index < -0.39 is 0 Å². The number of methoxy groups -OCH3 is 1. The normalized spacial score (nSPS) is 29.2. The average molecular weight is 228 g/mol. The molecule has 3 nitrogen and oxygen atoms in total. The molecule has 1 heterocycles. The molecule has 3 atom stereocenters. The highest BCUT2D eigenvalue weighted by molar-refractivity contribution is 4.79. The smallest absolute Gasteiger partial charge is 0.0587 e. The first-order valence-electron chi connectivity index (χ1n) is 6.57. The zero-order chi connectivity index (χ0) is 12.0. The minimum Gasteiger partial charge on any atom is -0.383 e. The van der Waals surface area contributed by atoms with Gasteiger partial charge in [-0.1, -0.05) is 13.8 Å². The third kappa shape index (κ3) is 4.81. The second kappa shape index (κ2) is 7.25. The van der Waals surface area contributed by atoms with Crippen molar-refractivity contribution in [2.24, 2.45) is 11.8 Å². The second-order valence-corrected chi connectivity index (χ2v) is 5.45. The topological polar surface area (TPSA) is 24.5 Å². The first-order valence-corrected chi connectivity index (χ1v) is 6.57. The number of piperidine rings is 1. The predicted octanol–water partition coefficient (Wildman–Crippen LogP) is 1.59. The van der Waals surface area contributed by atoms with Crippen molar-refractivity contribution in [3.05, 3.63) is 0 Å². The molecule has 0 radical (unpaired) electrons. The van der Waals surface area contributed by atoms with Gasteiger partial charge in [0.05, 0.1) is 6.61 Å². The molecule has 0 aliphatic carbocycles. The molecule has 1 fully saturated rings. The quantitative estimate of drug-likeness (QED) is 0.699. The summed E-state index contributed by atoms with van der Waals surface area (Å²) in [5.41, 5.74) is 0. The fraction of sp³-hybridized carbons (Fsp3) is 1.00. The van der Waals surface area contributed by atoms with E-state index in [9.17, 15) is 0 Å². The van der Waals surface area contributed by atoms with Crippen LogP contribution in [-0.2, 0) is 4.74 Å². The Morgan fingerprint density at radius 2 is 1.94 bits per heavy atom. The Morgan fingerprint density at radius 1 is 1.31 bits per heavy atom. The van der Waals surface area contributed by atoms with Crippen LogP contribution in [0, 0.1) is 11.8 Å². The summed E-state index contributed by atoms with van der Waals surface area (Å²) in [5, 5.41) is 3.45. The molecule has 3 heteroatoms. The van der Waals surface area contributed by atoms with E-state index in [1.165, 1.54) is 19.5 Å². The molecule has 1 saturated heterocycles. The number of hydrogen-bond donors (Lipinski definition) is 1. The van der Waals surface area contributed by atoms with Gasteiger partial charge in [0.15, 0.2) is 0 Å². The molecule has 0 aromatic heterocycles. The summed E-state index contributed by atoms with van der Waals surface area (Å²) < 4.78 is 5.03. The van der Waals surface area contributed by atoms with Crippen molar-refractivity contribution in [1.29, 1.82) is 0 Å². The van der Waals surface area contributed by atoms with Crippen LogP contribution in [0.3, 0.4) is 0 Å². The van der Waals surface area contributed by atoms with E-state index in [1.54, 1.807) is 7.11 Å². The molecular weight excluding hydrogens is 200 g/mol. The SMILES string of the molecule is COCCNCC(C)N1CC(C)CC(C)C1. The highest BCUT2D eigenvalue weighted by Crippen LogP contribution is 2.22. The van der Waals surface area contributed by atoms with Gasteiger partial charge in [-0.25, -0.2) is 0 Å². The first-order chi connectivity index (χ1) is 7.63. The van der Waals surface area contributed by atoms with Crippen LogP contribution in [0.15, 0.2) is 0 Å². The van der Waals surface area contributed by atoms with Crippen molar-refractivity contribution in [3.8, 4) is 0 Å². The van der Waals surface area contributed by atoms with Gasteiger partial charge in [-0.3, -0.25) is 4.90 Å². The zero-order valence-corrected chi connectivity index (χ0v) is 11.3. The van der Waals surface area contributed by atoms with Gasteiger partial charge in [-0.2, -0.15) is 0 Å². The van der Waals surface area contributed by atoms with Crippen LogP contribution < -0.4 is 5.32 Å². The Labute approximate surface area is 101 Å². The van der Waals surface area contributed by atoms with Crippen molar-refractivity contribution >= 4 is 0 Å². The van der Waals surface area contributed by atoms with Gasteiger partial charge >= 0.3 is 0 Å². The van der Waals surface area contributed by atoms with E-state index in [4.69, 9.17) is 4.74 Å². The predicted molar refractivity (Wildman–Crippen MR) is 68.7 cm³/mol. The van der Waals surface area contributed by atoms with Crippen LogP contribution in [0.5, 0.6) is 0 Å². The van der Waals surface area contributed by atoms with Gasteiger partial charge in [-0.15, -0.1) is 0 Å². The van der Waals surface area contributed by atoms with Crippen LogP contribution in [-0.4, -0.2) is 50.8 Å². The van der Waals surface area contributed by atoms with Gasteiger partial charge in [0.1, 0.15) is 0 Å². The van der Waals surface area contributed by atoms with E-state index in [0.717, 1.165) is 31.5 Å². The Morgan fingerprint density at radius 3 is 2.50 bits per heavy atom. The minimum atomic E-state index is 0.641. The largest absolute Gasteiger partial charge is 0.383 e. The van der Waals surface area contributed by atoms with Gasteiger partial charge in [0.25, 0.3) is 0 Å². The summed E-state index contributed by atoms with van der Waals surface area (Å²) in [6, 6.07) is 0.641. The molecule has 96 valence electrons. The fourth-order valence-electron chi connectivity index (χ4n) is 2.69.